The normalized spacial score (nSPS) is 12.4. The van der Waals surface area contributed by atoms with Crippen molar-refractivity contribution in [1.29, 1.82) is 0 Å². The highest BCUT2D eigenvalue weighted by Crippen LogP contribution is 2.16. The van der Waals surface area contributed by atoms with Crippen LogP contribution < -0.4 is 10.5 Å². The first-order valence-corrected chi connectivity index (χ1v) is 5.80. The zero-order chi connectivity index (χ0) is 11.8. The van der Waals surface area contributed by atoms with E-state index in [9.17, 15) is 0 Å². The van der Waals surface area contributed by atoms with Crippen LogP contribution in [-0.4, -0.2) is 19.8 Å². The Bertz CT molecular complexity index is 282. The summed E-state index contributed by atoms with van der Waals surface area (Å²) in [5, 5.41) is 0. The van der Waals surface area contributed by atoms with Crippen molar-refractivity contribution in [2.24, 2.45) is 5.73 Å². The maximum absolute atomic E-state index is 5.76. The molecule has 0 saturated heterocycles. The summed E-state index contributed by atoms with van der Waals surface area (Å²) in [5.41, 5.74) is 6.89. The van der Waals surface area contributed by atoms with E-state index in [0.717, 1.165) is 30.9 Å². The molecule has 0 radical (unpaired) electrons. The summed E-state index contributed by atoms with van der Waals surface area (Å²) in [6, 6.07) is 8.00. The lowest BCUT2D eigenvalue weighted by molar-refractivity contribution is 0.131. The van der Waals surface area contributed by atoms with Crippen LogP contribution in [0, 0.1) is 0 Å². The van der Waals surface area contributed by atoms with E-state index in [0.29, 0.717) is 6.61 Å². The molecule has 90 valence electrons. The van der Waals surface area contributed by atoms with E-state index in [-0.39, 0.29) is 6.04 Å². The van der Waals surface area contributed by atoms with Crippen LogP contribution in [0.1, 0.15) is 31.9 Å². The minimum Gasteiger partial charge on any atom is -0.494 e. The minimum absolute atomic E-state index is 0.0759. The maximum Gasteiger partial charge on any atom is 0.119 e. The smallest absolute Gasteiger partial charge is 0.119 e. The van der Waals surface area contributed by atoms with E-state index in [1.165, 1.54) is 0 Å². The Morgan fingerprint density at radius 2 is 1.88 bits per heavy atom. The standard InChI is InChI=1S/C13H21NO2/c1-3-15-9-4-10-16-13-7-5-12(6-8-13)11(2)14/h5-8,11H,3-4,9-10,14H2,1-2H3. The molecule has 0 spiro atoms. The second kappa shape index (κ2) is 7.25. The molecule has 1 rings (SSSR count). The van der Waals surface area contributed by atoms with E-state index >= 15 is 0 Å². The minimum atomic E-state index is 0.0759. The molecule has 1 unspecified atom stereocenters. The van der Waals surface area contributed by atoms with E-state index in [1.807, 2.05) is 38.1 Å². The molecule has 0 bridgehead atoms. The molecule has 2 N–H and O–H groups in total. The predicted octanol–water partition coefficient (Wildman–Crippen LogP) is 2.51. The van der Waals surface area contributed by atoms with Gasteiger partial charge in [-0.2, -0.15) is 0 Å². The van der Waals surface area contributed by atoms with Gasteiger partial charge in [-0.25, -0.2) is 0 Å². The SMILES string of the molecule is CCOCCCOc1ccc(C(C)N)cc1. The molecule has 0 heterocycles. The second-order valence-electron chi connectivity index (χ2n) is 3.76. The highest BCUT2D eigenvalue weighted by Gasteiger charge is 1.99. The summed E-state index contributed by atoms with van der Waals surface area (Å²) >= 11 is 0. The van der Waals surface area contributed by atoms with Gasteiger partial charge in [0.1, 0.15) is 5.75 Å². The molecule has 1 aromatic rings. The third-order valence-electron chi connectivity index (χ3n) is 2.31. The first kappa shape index (κ1) is 13.0. The average Bonchev–Trinajstić information content (AvgIpc) is 2.29. The number of hydrogen-bond donors (Lipinski definition) is 1. The largest absolute Gasteiger partial charge is 0.494 e. The molecule has 3 nitrogen and oxygen atoms in total. The maximum atomic E-state index is 5.76. The molecule has 0 amide bonds. The van der Waals surface area contributed by atoms with Crippen molar-refractivity contribution in [3.8, 4) is 5.75 Å². The molecule has 0 aliphatic heterocycles. The summed E-state index contributed by atoms with van der Waals surface area (Å²) in [7, 11) is 0. The Morgan fingerprint density at radius 1 is 1.19 bits per heavy atom. The van der Waals surface area contributed by atoms with E-state index in [2.05, 4.69) is 0 Å². The third kappa shape index (κ3) is 4.64. The van der Waals surface area contributed by atoms with Crippen LogP contribution in [0.2, 0.25) is 0 Å². The van der Waals surface area contributed by atoms with Gasteiger partial charge in [0.2, 0.25) is 0 Å². The Labute approximate surface area is 97.6 Å². The second-order valence-corrected chi connectivity index (χ2v) is 3.76. The van der Waals surface area contributed by atoms with Crippen molar-refractivity contribution in [3.63, 3.8) is 0 Å². The summed E-state index contributed by atoms with van der Waals surface area (Å²) in [5.74, 6) is 0.890. The number of ether oxygens (including phenoxy) is 2. The van der Waals surface area contributed by atoms with Crippen LogP contribution in [0.15, 0.2) is 24.3 Å². The lowest BCUT2D eigenvalue weighted by Gasteiger charge is -2.08. The van der Waals surface area contributed by atoms with Crippen molar-refractivity contribution in [2.45, 2.75) is 26.3 Å². The van der Waals surface area contributed by atoms with Crippen LogP contribution in [0.25, 0.3) is 0 Å². The number of nitrogens with two attached hydrogens (primary N) is 1. The van der Waals surface area contributed by atoms with Gasteiger partial charge >= 0.3 is 0 Å². The van der Waals surface area contributed by atoms with Crippen LogP contribution in [-0.2, 0) is 4.74 Å². The number of rotatable bonds is 7. The molecule has 1 atom stereocenters. The van der Waals surface area contributed by atoms with Gasteiger partial charge in [0.25, 0.3) is 0 Å². The van der Waals surface area contributed by atoms with Crippen molar-refractivity contribution in [3.05, 3.63) is 29.8 Å². The first-order chi connectivity index (χ1) is 7.74. The molecule has 0 fully saturated rings. The van der Waals surface area contributed by atoms with Gasteiger partial charge in [0.15, 0.2) is 0 Å². The summed E-state index contributed by atoms with van der Waals surface area (Å²) in [6.45, 7) is 6.18. The fraction of sp³-hybridized carbons (Fsp3) is 0.538. The van der Waals surface area contributed by atoms with Crippen molar-refractivity contribution in [2.75, 3.05) is 19.8 Å². The Morgan fingerprint density at radius 3 is 2.44 bits per heavy atom. The van der Waals surface area contributed by atoms with Gasteiger partial charge in [-0.05, 0) is 31.5 Å². The van der Waals surface area contributed by atoms with Crippen LogP contribution in [0.4, 0.5) is 0 Å². The molecular formula is C13H21NO2. The zero-order valence-electron chi connectivity index (χ0n) is 10.1. The van der Waals surface area contributed by atoms with E-state index in [1.54, 1.807) is 0 Å². The fourth-order valence-corrected chi connectivity index (χ4v) is 1.36. The quantitative estimate of drug-likeness (QED) is 0.722. The summed E-state index contributed by atoms with van der Waals surface area (Å²) in [4.78, 5) is 0. The topological polar surface area (TPSA) is 44.5 Å². The Balaban J connectivity index is 2.27. The van der Waals surface area contributed by atoms with Gasteiger partial charge in [-0.15, -0.1) is 0 Å². The van der Waals surface area contributed by atoms with Crippen molar-refractivity contribution >= 4 is 0 Å². The molecule has 1 aromatic carbocycles. The summed E-state index contributed by atoms with van der Waals surface area (Å²) in [6.07, 6.45) is 0.920. The molecule has 0 saturated carbocycles. The van der Waals surface area contributed by atoms with Crippen molar-refractivity contribution < 1.29 is 9.47 Å². The van der Waals surface area contributed by atoms with E-state index in [4.69, 9.17) is 15.2 Å². The molecule has 0 aliphatic rings. The fourth-order valence-electron chi connectivity index (χ4n) is 1.36. The molecule has 0 aliphatic carbocycles. The Kier molecular flexibility index (Phi) is 5.90. The van der Waals surface area contributed by atoms with Crippen LogP contribution in [0.3, 0.4) is 0 Å². The molecular weight excluding hydrogens is 202 g/mol. The monoisotopic (exact) mass is 223 g/mol. The lowest BCUT2D eigenvalue weighted by Crippen LogP contribution is -2.05. The number of benzene rings is 1. The average molecular weight is 223 g/mol. The van der Waals surface area contributed by atoms with Gasteiger partial charge in [-0.3, -0.25) is 0 Å². The highest BCUT2D eigenvalue weighted by molar-refractivity contribution is 5.28. The van der Waals surface area contributed by atoms with Crippen molar-refractivity contribution in [1.82, 2.24) is 0 Å². The molecule has 3 heteroatoms. The predicted molar refractivity (Wildman–Crippen MR) is 65.6 cm³/mol. The van der Waals surface area contributed by atoms with E-state index < -0.39 is 0 Å². The molecule has 16 heavy (non-hydrogen) atoms. The zero-order valence-corrected chi connectivity index (χ0v) is 10.1. The van der Waals surface area contributed by atoms with Gasteiger partial charge in [0, 0.05) is 25.7 Å². The van der Waals surface area contributed by atoms with Gasteiger partial charge in [-0.1, -0.05) is 12.1 Å². The number of hydrogen-bond acceptors (Lipinski definition) is 3. The van der Waals surface area contributed by atoms with Crippen LogP contribution in [0.5, 0.6) is 5.75 Å². The Hall–Kier alpha value is -1.06. The third-order valence-corrected chi connectivity index (χ3v) is 2.31. The first-order valence-electron chi connectivity index (χ1n) is 5.80. The highest BCUT2D eigenvalue weighted by atomic mass is 16.5. The lowest BCUT2D eigenvalue weighted by atomic mass is 10.1. The van der Waals surface area contributed by atoms with Gasteiger partial charge < -0.3 is 15.2 Å². The van der Waals surface area contributed by atoms with Crippen LogP contribution >= 0.6 is 0 Å². The molecule has 0 aromatic heterocycles. The summed E-state index contributed by atoms with van der Waals surface area (Å²) < 4.78 is 10.8. The van der Waals surface area contributed by atoms with Gasteiger partial charge in [0.05, 0.1) is 6.61 Å².